The number of nitrogens with zero attached hydrogens (tertiary/aromatic N) is 4. The summed E-state index contributed by atoms with van der Waals surface area (Å²) in [6.07, 6.45) is 5.00. The number of hydrogen-bond acceptors (Lipinski definition) is 3. The van der Waals surface area contributed by atoms with Gasteiger partial charge in [-0.3, -0.25) is 4.79 Å². The summed E-state index contributed by atoms with van der Waals surface area (Å²) < 4.78 is 3.96. The van der Waals surface area contributed by atoms with Gasteiger partial charge in [-0.15, -0.1) is 0 Å². The van der Waals surface area contributed by atoms with Crippen molar-refractivity contribution >= 4 is 16.9 Å². The maximum atomic E-state index is 12.7. The van der Waals surface area contributed by atoms with E-state index in [1.165, 1.54) is 5.56 Å². The fourth-order valence-electron chi connectivity index (χ4n) is 4.37. The molecule has 2 aromatic carbocycles. The molecule has 176 valence electrons. The van der Waals surface area contributed by atoms with E-state index in [1.54, 1.807) is 0 Å². The highest BCUT2D eigenvalue weighted by atomic mass is 16.1. The van der Waals surface area contributed by atoms with E-state index in [0.717, 1.165) is 45.7 Å². The molecule has 0 radical (unpaired) electrons. The normalized spacial score (nSPS) is 11.2. The number of amides is 1. The topological polar surface area (TPSA) is 64.7 Å². The van der Waals surface area contributed by atoms with Gasteiger partial charge in [-0.1, -0.05) is 43.3 Å². The van der Waals surface area contributed by atoms with Gasteiger partial charge in [0.2, 0.25) is 0 Å². The third-order valence-electron chi connectivity index (χ3n) is 6.29. The van der Waals surface area contributed by atoms with Gasteiger partial charge in [0, 0.05) is 30.2 Å². The first kappa shape index (κ1) is 22.6. The summed E-state index contributed by atoms with van der Waals surface area (Å²) >= 11 is 0. The lowest BCUT2D eigenvalue weighted by Crippen LogP contribution is -2.22. The van der Waals surface area contributed by atoms with Gasteiger partial charge in [-0.2, -0.15) is 5.10 Å². The Kier molecular flexibility index (Phi) is 6.19. The Hall–Kier alpha value is -4.19. The molecule has 0 spiro atoms. The molecule has 0 aliphatic rings. The molecule has 0 saturated heterocycles. The number of aromatic nitrogens is 4. The predicted octanol–water partition coefficient (Wildman–Crippen LogP) is 5.38. The van der Waals surface area contributed by atoms with Gasteiger partial charge in [0.1, 0.15) is 0 Å². The molecule has 0 unspecified atom stereocenters. The molecule has 1 N–H and O–H groups in total. The third kappa shape index (κ3) is 4.73. The van der Waals surface area contributed by atoms with Crippen molar-refractivity contribution in [2.75, 3.05) is 0 Å². The van der Waals surface area contributed by atoms with Crippen LogP contribution >= 0.6 is 0 Å². The zero-order valence-electron chi connectivity index (χ0n) is 20.3. The minimum Gasteiger partial charge on any atom is -0.348 e. The second kappa shape index (κ2) is 9.58. The molecular weight excluding hydrogens is 434 g/mol. The molecule has 1 amide bonds. The minimum atomic E-state index is -0.0801. The van der Waals surface area contributed by atoms with Crippen LogP contribution in [0.15, 0.2) is 79.1 Å². The van der Waals surface area contributed by atoms with E-state index in [-0.39, 0.29) is 5.91 Å². The van der Waals surface area contributed by atoms with Gasteiger partial charge >= 0.3 is 0 Å². The monoisotopic (exact) mass is 463 g/mol. The Balaban J connectivity index is 1.34. The summed E-state index contributed by atoms with van der Waals surface area (Å²) in [6.45, 7) is 7.32. The zero-order valence-corrected chi connectivity index (χ0v) is 20.3. The summed E-state index contributed by atoms with van der Waals surface area (Å²) in [7, 11) is 0. The number of benzene rings is 2. The van der Waals surface area contributed by atoms with Crippen LogP contribution in [0.2, 0.25) is 0 Å². The Bertz CT molecular complexity index is 1460. The van der Waals surface area contributed by atoms with Crippen molar-refractivity contribution < 1.29 is 4.79 Å². The fourth-order valence-corrected chi connectivity index (χ4v) is 4.37. The van der Waals surface area contributed by atoms with Gasteiger partial charge in [0.25, 0.3) is 5.91 Å². The average Bonchev–Trinajstić information content (AvgIpc) is 3.52. The molecule has 5 rings (SSSR count). The van der Waals surface area contributed by atoms with Crippen molar-refractivity contribution in [3.8, 4) is 5.82 Å². The average molecular weight is 464 g/mol. The molecule has 0 bridgehead atoms. The van der Waals surface area contributed by atoms with Crippen molar-refractivity contribution in [2.24, 2.45) is 0 Å². The number of carbonyl (C=O) groups excluding carboxylic acids is 1. The van der Waals surface area contributed by atoms with E-state index >= 15 is 0 Å². The molecule has 0 aliphatic carbocycles. The quantitative estimate of drug-likeness (QED) is 0.352. The molecule has 0 aliphatic heterocycles. The number of rotatable bonds is 7. The fraction of sp³-hybridized carbons (Fsp3) is 0.207. The van der Waals surface area contributed by atoms with Crippen LogP contribution in [0.4, 0.5) is 0 Å². The summed E-state index contributed by atoms with van der Waals surface area (Å²) in [5.74, 6) is 0.793. The summed E-state index contributed by atoms with van der Waals surface area (Å²) in [5, 5.41) is 8.96. The van der Waals surface area contributed by atoms with E-state index < -0.39 is 0 Å². The molecule has 6 heteroatoms. The second-order valence-electron chi connectivity index (χ2n) is 8.90. The van der Waals surface area contributed by atoms with Gasteiger partial charge in [0.15, 0.2) is 11.5 Å². The van der Waals surface area contributed by atoms with Crippen LogP contribution < -0.4 is 5.32 Å². The Morgan fingerprint density at radius 1 is 0.914 bits per heavy atom. The van der Waals surface area contributed by atoms with Crippen molar-refractivity contribution in [3.05, 3.63) is 113 Å². The van der Waals surface area contributed by atoms with E-state index in [2.05, 4.69) is 49.5 Å². The molecule has 3 aromatic heterocycles. The first-order chi connectivity index (χ1) is 17.0. The van der Waals surface area contributed by atoms with Crippen LogP contribution in [-0.4, -0.2) is 25.2 Å². The Labute approximate surface area is 205 Å². The minimum absolute atomic E-state index is 0.0801. The standard InChI is InChI=1S/C29H29N5O/c1-4-22-7-9-23(10-8-22)18-30-29(35)25-13-11-24(12-14-25)19-34-27-26(20(2)17-21(3)31-27)28(32-34)33-15-5-6-16-33/h5-17H,4,18-19H2,1-3H3,(H,30,35). The second-order valence-corrected chi connectivity index (χ2v) is 8.90. The lowest BCUT2D eigenvalue weighted by Gasteiger charge is -2.08. The maximum absolute atomic E-state index is 12.7. The van der Waals surface area contributed by atoms with Gasteiger partial charge in [-0.05, 0) is 72.9 Å². The first-order valence-corrected chi connectivity index (χ1v) is 11.9. The number of carbonyl (C=O) groups is 1. The van der Waals surface area contributed by atoms with E-state index in [4.69, 9.17) is 10.1 Å². The molecule has 0 saturated carbocycles. The molecule has 35 heavy (non-hydrogen) atoms. The molecule has 6 nitrogen and oxygen atoms in total. The number of hydrogen-bond donors (Lipinski definition) is 1. The number of fused-ring (bicyclic) bond motifs is 1. The van der Waals surface area contributed by atoms with Gasteiger partial charge in [0.05, 0.1) is 11.9 Å². The van der Waals surface area contributed by atoms with Crippen LogP contribution in [0.25, 0.3) is 16.9 Å². The summed E-state index contributed by atoms with van der Waals surface area (Å²) in [6, 6.07) is 22.1. The van der Waals surface area contributed by atoms with Crippen LogP contribution in [0.3, 0.4) is 0 Å². The highest BCUT2D eigenvalue weighted by molar-refractivity contribution is 5.94. The molecule has 3 heterocycles. The molecule has 0 fully saturated rings. The third-order valence-corrected chi connectivity index (χ3v) is 6.29. The zero-order chi connectivity index (χ0) is 24.4. The van der Waals surface area contributed by atoms with Crippen LogP contribution in [0, 0.1) is 13.8 Å². The first-order valence-electron chi connectivity index (χ1n) is 11.9. The predicted molar refractivity (Wildman–Crippen MR) is 139 cm³/mol. The van der Waals surface area contributed by atoms with Crippen molar-refractivity contribution in [1.82, 2.24) is 24.6 Å². The largest absolute Gasteiger partial charge is 0.348 e. The Morgan fingerprint density at radius 2 is 1.57 bits per heavy atom. The number of aryl methyl sites for hydroxylation is 3. The van der Waals surface area contributed by atoms with Crippen LogP contribution in [0.5, 0.6) is 0 Å². The number of nitrogens with one attached hydrogen (secondary N) is 1. The Morgan fingerprint density at radius 3 is 2.26 bits per heavy atom. The van der Waals surface area contributed by atoms with E-state index in [0.29, 0.717) is 18.7 Å². The maximum Gasteiger partial charge on any atom is 0.251 e. The van der Waals surface area contributed by atoms with Crippen molar-refractivity contribution in [1.29, 1.82) is 0 Å². The molecular formula is C29H29N5O. The van der Waals surface area contributed by atoms with Gasteiger partial charge in [-0.25, -0.2) is 9.67 Å². The summed E-state index contributed by atoms with van der Waals surface area (Å²) in [4.78, 5) is 17.4. The van der Waals surface area contributed by atoms with E-state index in [9.17, 15) is 4.79 Å². The van der Waals surface area contributed by atoms with Gasteiger partial charge < -0.3 is 9.88 Å². The van der Waals surface area contributed by atoms with Crippen LogP contribution in [-0.2, 0) is 19.5 Å². The van der Waals surface area contributed by atoms with E-state index in [1.807, 2.05) is 65.0 Å². The molecule has 0 atom stereocenters. The molecule has 5 aromatic rings. The summed E-state index contributed by atoms with van der Waals surface area (Å²) in [5.41, 5.74) is 7.06. The number of pyridine rings is 1. The smallest absolute Gasteiger partial charge is 0.251 e. The SMILES string of the molecule is CCc1ccc(CNC(=O)c2ccc(Cn3nc(-n4cccc4)c4c(C)cc(C)nc43)cc2)cc1. The van der Waals surface area contributed by atoms with Crippen molar-refractivity contribution in [3.63, 3.8) is 0 Å². The highest BCUT2D eigenvalue weighted by Gasteiger charge is 2.16. The van der Waals surface area contributed by atoms with Crippen LogP contribution in [0.1, 0.15) is 45.2 Å². The van der Waals surface area contributed by atoms with Crippen molar-refractivity contribution in [2.45, 2.75) is 40.3 Å². The highest BCUT2D eigenvalue weighted by Crippen LogP contribution is 2.26. The lowest BCUT2D eigenvalue weighted by atomic mass is 10.1. The lowest BCUT2D eigenvalue weighted by molar-refractivity contribution is 0.0951.